The molecule has 0 aliphatic carbocycles. The van der Waals surface area contributed by atoms with E-state index < -0.39 is 0 Å². The van der Waals surface area contributed by atoms with Crippen molar-refractivity contribution in [1.29, 1.82) is 0 Å². The van der Waals surface area contributed by atoms with Gasteiger partial charge in [-0.25, -0.2) is 4.98 Å². The Kier molecular flexibility index (Phi) is 10.0. The van der Waals surface area contributed by atoms with Crippen LogP contribution in [0.4, 0.5) is 0 Å². The monoisotopic (exact) mass is 325 g/mol. The van der Waals surface area contributed by atoms with Crippen LogP contribution in [0.1, 0.15) is 30.3 Å². The fourth-order valence-corrected chi connectivity index (χ4v) is 3.30. The maximum absolute atomic E-state index is 4.33. The zero-order chi connectivity index (χ0) is 12.1. The molecule has 1 fully saturated rings. The lowest BCUT2D eigenvalue weighted by atomic mass is 10.2. The van der Waals surface area contributed by atoms with E-state index in [4.69, 9.17) is 0 Å². The highest BCUT2D eigenvalue weighted by atomic mass is 35.5. The molecular formula is C13H25Cl2N3S. The van der Waals surface area contributed by atoms with Crippen molar-refractivity contribution in [2.24, 2.45) is 0 Å². The van der Waals surface area contributed by atoms with E-state index in [1.54, 1.807) is 11.3 Å². The average molecular weight is 326 g/mol. The lowest BCUT2D eigenvalue weighted by Gasteiger charge is -2.27. The van der Waals surface area contributed by atoms with Crippen molar-refractivity contribution in [2.45, 2.75) is 39.2 Å². The molecule has 0 aromatic carbocycles. The van der Waals surface area contributed by atoms with Crippen LogP contribution in [0.15, 0.2) is 5.51 Å². The standard InChI is InChI=1S/C13H23N3S.2ClH/c1-3-7-16(12-4-6-14-9-12)8-5-13-11(2)15-10-17-13;;/h10,12,14H,3-9H2,1-2H3;2*1H. The molecule has 0 amide bonds. The van der Waals surface area contributed by atoms with Gasteiger partial charge in [-0.3, -0.25) is 4.90 Å². The summed E-state index contributed by atoms with van der Waals surface area (Å²) in [6.07, 6.45) is 3.72. The summed E-state index contributed by atoms with van der Waals surface area (Å²) in [6.45, 7) is 9.15. The Morgan fingerprint density at radius 2 is 2.21 bits per heavy atom. The van der Waals surface area contributed by atoms with Gasteiger partial charge in [0.05, 0.1) is 11.2 Å². The molecule has 0 radical (unpaired) electrons. The van der Waals surface area contributed by atoms with Crippen molar-refractivity contribution in [3.63, 3.8) is 0 Å². The van der Waals surface area contributed by atoms with Crippen LogP contribution >= 0.6 is 36.2 Å². The zero-order valence-electron chi connectivity index (χ0n) is 11.7. The first-order chi connectivity index (χ1) is 8.31. The van der Waals surface area contributed by atoms with E-state index >= 15 is 0 Å². The number of aromatic nitrogens is 1. The van der Waals surface area contributed by atoms with Crippen molar-refractivity contribution in [1.82, 2.24) is 15.2 Å². The summed E-state index contributed by atoms with van der Waals surface area (Å²) in [6, 6.07) is 0.753. The van der Waals surface area contributed by atoms with Gasteiger partial charge >= 0.3 is 0 Å². The topological polar surface area (TPSA) is 28.2 Å². The van der Waals surface area contributed by atoms with Crippen molar-refractivity contribution in [3.8, 4) is 0 Å². The van der Waals surface area contributed by atoms with Gasteiger partial charge < -0.3 is 5.32 Å². The third-order valence-corrected chi connectivity index (χ3v) is 4.53. The predicted octanol–water partition coefficient (Wildman–Crippen LogP) is 2.91. The smallest absolute Gasteiger partial charge is 0.0797 e. The summed E-state index contributed by atoms with van der Waals surface area (Å²) >= 11 is 1.80. The molecule has 0 saturated carbocycles. The Labute approximate surface area is 133 Å². The molecule has 19 heavy (non-hydrogen) atoms. The number of nitrogens with one attached hydrogen (secondary N) is 1. The molecule has 1 aromatic heterocycles. The first-order valence-corrected chi connectivity index (χ1v) is 7.53. The van der Waals surface area contributed by atoms with Gasteiger partial charge in [-0.2, -0.15) is 0 Å². The fourth-order valence-electron chi connectivity index (χ4n) is 2.53. The second-order valence-electron chi connectivity index (χ2n) is 4.79. The van der Waals surface area contributed by atoms with Crippen molar-refractivity contribution >= 4 is 36.2 Å². The maximum atomic E-state index is 4.33. The summed E-state index contributed by atoms with van der Waals surface area (Å²) in [5, 5.41) is 3.46. The van der Waals surface area contributed by atoms with Crippen LogP contribution in [0, 0.1) is 6.92 Å². The summed E-state index contributed by atoms with van der Waals surface area (Å²) in [4.78, 5) is 8.43. The van der Waals surface area contributed by atoms with E-state index in [0.717, 1.165) is 12.5 Å². The van der Waals surface area contributed by atoms with Gasteiger partial charge in [0.15, 0.2) is 0 Å². The molecule has 2 rings (SSSR count). The molecule has 1 N–H and O–H groups in total. The van der Waals surface area contributed by atoms with Crippen LogP contribution in [0.2, 0.25) is 0 Å². The highest BCUT2D eigenvalue weighted by molar-refractivity contribution is 7.09. The molecule has 1 saturated heterocycles. The van der Waals surface area contributed by atoms with Gasteiger partial charge in [0, 0.05) is 24.0 Å². The lowest BCUT2D eigenvalue weighted by Crippen LogP contribution is -2.38. The van der Waals surface area contributed by atoms with E-state index in [0.29, 0.717) is 0 Å². The summed E-state index contributed by atoms with van der Waals surface area (Å²) in [5.74, 6) is 0. The Hall–Kier alpha value is 0.130. The van der Waals surface area contributed by atoms with Gasteiger partial charge in [-0.1, -0.05) is 6.92 Å². The number of thiazole rings is 1. The second-order valence-corrected chi connectivity index (χ2v) is 5.73. The van der Waals surface area contributed by atoms with Gasteiger partial charge in [0.2, 0.25) is 0 Å². The largest absolute Gasteiger partial charge is 0.315 e. The number of rotatable bonds is 6. The second kappa shape index (κ2) is 9.94. The molecular weight excluding hydrogens is 301 g/mol. The number of halogens is 2. The van der Waals surface area contributed by atoms with E-state index in [1.807, 2.05) is 5.51 Å². The van der Waals surface area contributed by atoms with Crippen LogP contribution in [-0.4, -0.2) is 42.1 Å². The Bertz CT molecular complexity index is 340. The van der Waals surface area contributed by atoms with E-state index in [-0.39, 0.29) is 24.8 Å². The zero-order valence-corrected chi connectivity index (χ0v) is 14.2. The Morgan fingerprint density at radius 1 is 1.42 bits per heavy atom. The minimum absolute atomic E-state index is 0. The molecule has 6 heteroatoms. The van der Waals surface area contributed by atoms with E-state index in [9.17, 15) is 0 Å². The molecule has 1 aromatic rings. The summed E-state index contributed by atoms with van der Waals surface area (Å²) in [7, 11) is 0. The quantitative estimate of drug-likeness (QED) is 0.871. The third-order valence-electron chi connectivity index (χ3n) is 3.53. The highest BCUT2D eigenvalue weighted by Gasteiger charge is 2.21. The van der Waals surface area contributed by atoms with Crippen LogP contribution in [-0.2, 0) is 6.42 Å². The Balaban J connectivity index is 0.00000162. The van der Waals surface area contributed by atoms with Crippen molar-refractivity contribution < 1.29 is 0 Å². The van der Waals surface area contributed by atoms with E-state index in [2.05, 4.69) is 29.0 Å². The van der Waals surface area contributed by atoms with Crippen LogP contribution < -0.4 is 5.32 Å². The molecule has 0 spiro atoms. The number of hydrogen-bond acceptors (Lipinski definition) is 4. The molecule has 1 aliphatic heterocycles. The van der Waals surface area contributed by atoms with Gasteiger partial charge in [-0.05, 0) is 39.3 Å². The minimum atomic E-state index is 0. The number of aryl methyl sites for hydroxylation is 1. The predicted molar refractivity (Wildman–Crippen MR) is 88.2 cm³/mol. The number of hydrogen-bond donors (Lipinski definition) is 1. The third kappa shape index (κ3) is 5.56. The molecule has 2 heterocycles. The van der Waals surface area contributed by atoms with Crippen LogP contribution in [0.5, 0.6) is 0 Å². The SMILES string of the molecule is CCCN(CCc1scnc1C)C1CCNC1.Cl.Cl. The van der Waals surface area contributed by atoms with Crippen molar-refractivity contribution in [3.05, 3.63) is 16.1 Å². The van der Waals surface area contributed by atoms with Gasteiger partial charge in [-0.15, -0.1) is 36.2 Å². The summed E-state index contributed by atoms with van der Waals surface area (Å²) in [5.41, 5.74) is 3.18. The minimum Gasteiger partial charge on any atom is -0.315 e. The molecule has 112 valence electrons. The van der Waals surface area contributed by atoms with Gasteiger partial charge in [0.25, 0.3) is 0 Å². The first-order valence-electron chi connectivity index (χ1n) is 6.65. The van der Waals surface area contributed by atoms with Crippen LogP contribution in [0.3, 0.4) is 0 Å². The van der Waals surface area contributed by atoms with E-state index in [1.165, 1.54) is 49.6 Å². The van der Waals surface area contributed by atoms with Crippen molar-refractivity contribution in [2.75, 3.05) is 26.2 Å². The summed E-state index contributed by atoms with van der Waals surface area (Å²) < 4.78 is 0. The molecule has 3 nitrogen and oxygen atoms in total. The maximum Gasteiger partial charge on any atom is 0.0797 e. The van der Waals surface area contributed by atoms with Crippen LogP contribution in [0.25, 0.3) is 0 Å². The molecule has 1 aliphatic rings. The first kappa shape index (κ1) is 19.1. The van der Waals surface area contributed by atoms with Gasteiger partial charge in [0.1, 0.15) is 0 Å². The lowest BCUT2D eigenvalue weighted by molar-refractivity contribution is 0.211. The molecule has 1 unspecified atom stereocenters. The highest BCUT2D eigenvalue weighted by Crippen LogP contribution is 2.15. The fraction of sp³-hybridized carbons (Fsp3) is 0.769. The normalized spacial score (nSPS) is 18.2. The number of nitrogens with zero attached hydrogens (tertiary/aromatic N) is 2. The molecule has 0 bridgehead atoms. The average Bonchev–Trinajstić information content (AvgIpc) is 2.96. The molecule has 1 atom stereocenters. The Morgan fingerprint density at radius 3 is 2.74 bits per heavy atom.